The molecule has 0 radical (unpaired) electrons. The van der Waals surface area contributed by atoms with Crippen molar-refractivity contribution in [3.8, 4) is 0 Å². The first-order valence-corrected chi connectivity index (χ1v) is 13.8. The second-order valence-electron chi connectivity index (χ2n) is 9.37. The van der Waals surface area contributed by atoms with Gasteiger partial charge in [0.05, 0.1) is 37.4 Å². The zero-order valence-corrected chi connectivity index (χ0v) is 22.7. The summed E-state index contributed by atoms with van der Waals surface area (Å²) in [6.45, 7) is -4.14. The lowest BCUT2D eigenvalue weighted by Crippen LogP contribution is -2.73. The largest absolute Gasteiger partial charge is 0.748 e. The lowest BCUT2D eigenvalue weighted by Gasteiger charge is -2.41. The molecule has 1 N–H and O–H groups in total. The Labute approximate surface area is 228 Å². The number of hydrogen-bond acceptors (Lipinski definition) is 6. The van der Waals surface area contributed by atoms with Crippen LogP contribution in [0.1, 0.15) is 12.8 Å². The number of quaternary nitrogens is 1. The molecule has 0 aromatic rings. The molecule has 0 aliphatic heterocycles. The van der Waals surface area contributed by atoms with Gasteiger partial charge in [0.2, 0.25) is 0 Å². The Kier molecular flexibility index (Phi) is 11.9. The molecule has 0 rings (SSSR count). The maximum atomic E-state index is 14.6. The Balaban J connectivity index is 6.82. The van der Waals surface area contributed by atoms with Gasteiger partial charge in [0.1, 0.15) is 6.54 Å². The lowest BCUT2D eigenvalue weighted by molar-refractivity contribution is -0.890. The minimum Gasteiger partial charge on any atom is -0.748 e. The van der Waals surface area contributed by atoms with Crippen molar-refractivity contribution in [3.05, 3.63) is 0 Å². The van der Waals surface area contributed by atoms with Crippen LogP contribution in [0.25, 0.3) is 0 Å². The Bertz CT molecular complexity index is 1140. The number of alkyl halides is 15. The molecule has 254 valence electrons. The third-order valence-corrected chi connectivity index (χ3v) is 8.38. The highest BCUT2D eigenvalue weighted by Gasteiger charge is 2.94. The van der Waals surface area contributed by atoms with E-state index in [0.29, 0.717) is 0 Å². The Hall–Kier alpha value is -1.31. The molecule has 0 unspecified atom stereocenters. The van der Waals surface area contributed by atoms with E-state index in [0.717, 1.165) is 0 Å². The van der Waals surface area contributed by atoms with Gasteiger partial charge in [-0.1, -0.05) is 0 Å². The molecule has 0 fully saturated rings. The van der Waals surface area contributed by atoms with Gasteiger partial charge in [-0.15, -0.1) is 0 Å². The van der Waals surface area contributed by atoms with Crippen LogP contribution in [0.2, 0.25) is 0 Å². The van der Waals surface area contributed by atoms with Crippen molar-refractivity contribution in [2.24, 2.45) is 0 Å². The maximum absolute atomic E-state index is 14.6. The summed E-state index contributed by atoms with van der Waals surface area (Å²) in [5, 5.41) is 1.27. The highest BCUT2D eigenvalue weighted by molar-refractivity contribution is 7.90. The minimum absolute atomic E-state index is 0.118. The predicted octanol–water partition coefficient (Wildman–Crippen LogP) is 3.34. The fourth-order valence-electron chi connectivity index (χ4n) is 3.10. The van der Waals surface area contributed by atoms with E-state index in [1.54, 1.807) is 0 Å². The van der Waals surface area contributed by atoms with Crippen LogP contribution in [-0.4, -0.2) is 129 Å². The van der Waals surface area contributed by atoms with Crippen LogP contribution in [0.15, 0.2) is 0 Å². The SMILES string of the molecule is C[N+](C)(CCO)CCCN(CCCS(=O)(=O)[O-])S(=O)(=O)C(F)(F)C(F)(F)C(F)(F)C(F)(F)C(F)(F)C(F)(F)C(F)(F)F. The number of likely N-dealkylation sites (N-methyl/N-ethyl adjacent to an activating group) is 1. The smallest absolute Gasteiger partial charge is 0.460 e. The van der Waals surface area contributed by atoms with E-state index in [1.807, 2.05) is 0 Å². The quantitative estimate of drug-likeness (QED) is 0.142. The van der Waals surface area contributed by atoms with Gasteiger partial charge in [-0.25, -0.2) is 16.8 Å². The van der Waals surface area contributed by atoms with Crippen LogP contribution in [0, 0.1) is 0 Å². The molecule has 42 heavy (non-hydrogen) atoms. The highest BCUT2D eigenvalue weighted by atomic mass is 32.2. The Morgan fingerprint density at radius 2 is 1.02 bits per heavy atom. The number of hydrogen-bond donors (Lipinski definition) is 1. The first-order chi connectivity index (χ1) is 18.1. The summed E-state index contributed by atoms with van der Waals surface area (Å²) >= 11 is 0. The highest BCUT2D eigenvalue weighted by Crippen LogP contribution is 2.63. The van der Waals surface area contributed by atoms with E-state index < -0.39 is 104 Å². The summed E-state index contributed by atoms with van der Waals surface area (Å²) < 4.78 is 258. The number of sulfonamides is 1. The number of aliphatic hydroxyl groups excluding tert-OH is 1. The van der Waals surface area contributed by atoms with Crippen LogP contribution in [-0.2, 0) is 20.1 Å². The molecule has 25 heteroatoms. The molecule has 0 bridgehead atoms. The minimum atomic E-state index is -8.70. The van der Waals surface area contributed by atoms with Crippen molar-refractivity contribution in [1.29, 1.82) is 0 Å². The number of rotatable bonds is 17. The molecule has 0 atom stereocenters. The van der Waals surface area contributed by atoms with Crippen molar-refractivity contribution < 1.29 is 96.8 Å². The molecule has 0 aliphatic carbocycles. The fourth-order valence-corrected chi connectivity index (χ4v) is 5.10. The zero-order chi connectivity index (χ0) is 34.2. The van der Waals surface area contributed by atoms with Crippen molar-refractivity contribution >= 4 is 20.1 Å². The van der Waals surface area contributed by atoms with E-state index in [4.69, 9.17) is 5.11 Å². The monoisotopic (exact) mass is 700 g/mol. The third kappa shape index (κ3) is 7.48. The third-order valence-electron chi connectivity index (χ3n) is 5.64. The second kappa shape index (κ2) is 12.2. The summed E-state index contributed by atoms with van der Waals surface area (Å²) in [6, 6.07) is 0. The summed E-state index contributed by atoms with van der Waals surface area (Å²) in [5.74, 6) is -44.1. The van der Waals surface area contributed by atoms with Crippen molar-refractivity contribution in [1.82, 2.24) is 4.31 Å². The molecule has 0 aromatic heterocycles. The molecule has 0 saturated carbocycles. The first kappa shape index (κ1) is 40.7. The normalized spacial score (nSPS) is 15.9. The Morgan fingerprint density at radius 3 is 1.40 bits per heavy atom. The zero-order valence-electron chi connectivity index (χ0n) is 21.0. The second-order valence-corrected chi connectivity index (χ2v) is 12.9. The van der Waals surface area contributed by atoms with E-state index in [-0.39, 0.29) is 17.6 Å². The maximum Gasteiger partial charge on any atom is 0.460 e. The standard InChI is InChI=1S/C17H23F15N2O6S2/c1-34(2,8-9-35)7-3-5-33(6-4-10-41(36,37)38)42(39,40)17(31,32)15(26,27)13(22,23)11(18,19)12(20,21)14(24,25)16(28,29)30/h35H,3-10H2,1-2H3. The van der Waals surface area contributed by atoms with Gasteiger partial charge >= 0.3 is 41.0 Å². The van der Waals surface area contributed by atoms with Crippen molar-refractivity contribution in [3.63, 3.8) is 0 Å². The fraction of sp³-hybridized carbons (Fsp3) is 1.00. The van der Waals surface area contributed by atoms with Gasteiger partial charge in [0, 0.05) is 25.3 Å². The summed E-state index contributed by atoms with van der Waals surface area (Å²) in [6.07, 6.45) is -9.87. The molecule has 0 amide bonds. The first-order valence-electron chi connectivity index (χ1n) is 10.8. The van der Waals surface area contributed by atoms with Crippen LogP contribution in [0.5, 0.6) is 0 Å². The van der Waals surface area contributed by atoms with Gasteiger partial charge in [0.25, 0.3) is 10.0 Å². The topological polar surface area (TPSA) is 115 Å². The molecule has 8 nitrogen and oxygen atoms in total. The van der Waals surface area contributed by atoms with E-state index in [9.17, 15) is 87.2 Å². The predicted molar refractivity (Wildman–Crippen MR) is 109 cm³/mol. The van der Waals surface area contributed by atoms with Gasteiger partial charge in [-0.3, -0.25) is 0 Å². The summed E-state index contributed by atoms with van der Waals surface area (Å²) in [4.78, 5) is 0. The molecular formula is C17H23F15N2O6S2. The van der Waals surface area contributed by atoms with Gasteiger partial charge in [-0.2, -0.15) is 70.2 Å². The lowest BCUT2D eigenvalue weighted by atomic mass is 9.94. The molecule has 0 saturated heterocycles. The van der Waals surface area contributed by atoms with E-state index >= 15 is 0 Å². The molecule has 0 spiro atoms. The van der Waals surface area contributed by atoms with Crippen LogP contribution in [0.3, 0.4) is 0 Å². The molecule has 0 aromatic carbocycles. The average Bonchev–Trinajstić information content (AvgIpc) is 2.75. The number of halogens is 15. The van der Waals surface area contributed by atoms with E-state index in [1.165, 1.54) is 14.1 Å². The molecule has 0 aliphatic rings. The molecular weight excluding hydrogens is 677 g/mol. The summed E-state index contributed by atoms with van der Waals surface area (Å²) in [7, 11) is -10.2. The van der Waals surface area contributed by atoms with Gasteiger partial charge in [-0.05, 0) is 6.42 Å². The van der Waals surface area contributed by atoms with Crippen molar-refractivity contribution in [2.75, 3.05) is 52.6 Å². The van der Waals surface area contributed by atoms with Gasteiger partial charge in [0.15, 0.2) is 0 Å². The van der Waals surface area contributed by atoms with Crippen LogP contribution in [0.4, 0.5) is 65.9 Å². The van der Waals surface area contributed by atoms with Gasteiger partial charge < -0.3 is 14.1 Å². The van der Waals surface area contributed by atoms with Crippen LogP contribution < -0.4 is 0 Å². The van der Waals surface area contributed by atoms with E-state index in [2.05, 4.69) is 0 Å². The number of nitrogens with zero attached hydrogens (tertiary/aromatic N) is 2. The average molecular weight is 700 g/mol. The summed E-state index contributed by atoms with van der Waals surface area (Å²) in [5.41, 5.74) is 0. The molecule has 0 heterocycles. The Morgan fingerprint density at radius 1 is 0.643 bits per heavy atom. The van der Waals surface area contributed by atoms with Crippen LogP contribution >= 0.6 is 0 Å². The number of aliphatic hydroxyl groups is 1. The van der Waals surface area contributed by atoms with Crippen molar-refractivity contribution in [2.45, 2.75) is 53.9 Å².